The summed E-state index contributed by atoms with van der Waals surface area (Å²) >= 11 is 0. The molecule has 23 heavy (non-hydrogen) atoms. The van der Waals surface area contributed by atoms with E-state index in [9.17, 15) is 0 Å². The van der Waals surface area contributed by atoms with Gasteiger partial charge in [0, 0.05) is 0 Å². The number of hydrogen-bond acceptors (Lipinski definition) is 0. The van der Waals surface area contributed by atoms with Crippen LogP contribution in [0.15, 0.2) is 37.0 Å². The zero-order valence-corrected chi connectivity index (χ0v) is 15.9. The first-order valence-corrected chi connectivity index (χ1v) is 10.3. The third-order valence-corrected chi connectivity index (χ3v) is 4.36. The lowest BCUT2D eigenvalue weighted by Gasteiger charge is -2.01. The maximum atomic E-state index is 3.74. The Morgan fingerprint density at radius 1 is 0.522 bits per heavy atom. The molecule has 0 rings (SSSR count). The number of rotatable bonds is 18. The van der Waals surface area contributed by atoms with E-state index in [1.165, 1.54) is 89.9 Å². The molecule has 0 bridgehead atoms. The molecule has 0 spiro atoms. The van der Waals surface area contributed by atoms with E-state index in [-0.39, 0.29) is 0 Å². The Labute approximate surface area is 147 Å². The second-order valence-electron chi connectivity index (χ2n) is 6.72. The molecule has 0 nitrogen and oxygen atoms in total. The van der Waals surface area contributed by atoms with Crippen molar-refractivity contribution in [2.24, 2.45) is 0 Å². The van der Waals surface area contributed by atoms with Gasteiger partial charge in [0.15, 0.2) is 0 Å². The van der Waals surface area contributed by atoms with Crippen LogP contribution in [0, 0.1) is 0 Å². The third-order valence-electron chi connectivity index (χ3n) is 4.36. The minimum atomic E-state index is 1.10. The smallest absolute Gasteiger partial charge is 0.0169 e. The summed E-state index contributed by atoms with van der Waals surface area (Å²) in [5, 5.41) is 0. The Bertz CT molecular complexity index is 272. The Kier molecular flexibility index (Phi) is 20.5. The number of hydrogen-bond donors (Lipinski definition) is 0. The molecule has 0 atom stereocenters. The van der Waals surface area contributed by atoms with Gasteiger partial charge in [-0.3, -0.25) is 0 Å². The van der Waals surface area contributed by atoms with Crippen molar-refractivity contribution in [1.29, 1.82) is 0 Å². The summed E-state index contributed by atoms with van der Waals surface area (Å²) in [4.78, 5) is 0. The molecule has 0 N–H and O–H groups in total. The Morgan fingerprint density at radius 2 is 1.00 bits per heavy atom. The van der Waals surface area contributed by atoms with Crippen molar-refractivity contribution in [3.63, 3.8) is 0 Å². The maximum absolute atomic E-state index is 3.74. The van der Waals surface area contributed by atoms with E-state index in [0.717, 1.165) is 12.8 Å². The lowest BCUT2D eigenvalue weighted by molar-refractivity contribution is 0.550. The van der Waals surface area contributed by atoms with Gasteiger partial charge in [0.2, 0.25) is 0 Å². The average Bonchev–Trinajstić information content (AvgIpc) is 2.57. The largest absolute Gasteiger partial charge is 0.103 e. The predicted octanol–water partition coefficient (Wildman–Crippen LogP) is 8.55. The van der Waals surface area contributed by atoms with Crippen LogP contribution in [0.25, 0.3) is 0 Å². The molecule has 134 valence electrons. The molecule has 0 saturated carbocycles. The molecule has 0 fully saturated rings. The summed E-state index contributed by atoms with van der Waals surface area (Å²) in [7, 11) is 0. The van der Waals surface area contributed by atoms with E-state index in [2.05, 4.69) is 37.8 Å². The second-order valence-corrected chi connectivity index (χ2v) is 6.72. The summed E-state index contributed by atoms with van der Waals surface area (Å²) < 4.78 is 0. The molecule has 0 aliphatic rings. The van der Waals surface area contributed by atoms with E-state index in [1.807, 2.05) is 6.08 Å². The van der Waals surface area contributed by atoms with Crippen molar-refractivity contribution < 1.29 is 0 Å². The van der Waals surface area contributed by atoms with Gasteiger partial charge >= 0.3 is 0 Å². The quantitative estimate of drug-likeness (QED) is 0.175. The fourth-order valence-corrected chi connectivity index (χ4v) is 2.81. The summed E-state index contributed by atoms with van der Waals surface area (Å²) in [6, 6.07) is 0. The van der Waals surface area contributed by atoms with Crippen molar-refractivity contribution in [2.45, 2.75) is 110 Å². The van der Waals surface area contributed by atoms with Crippen molar-refractivity contribution >= 4 is 0 Å². The van der Waals surface area contributed by atoms with Crippen molar-refractivity contribution in [3.05, 3.63) is 37.0 Å². The Balaban J connectivity index is 3.12. The van der Waals surface area contributed by atoms with Crippen molar-refractivity contribution in [1.82, 2.24) is 0 Å². The van der Waals surface area contributed by atoms with E-state index in [0.29, 0.717) is 0 Å². The van der Waals surface area contributed by atoms with Gasteiger partial charge in [-0.05, 0) is 38.5 Å². The highest BCUT2D eigenvalue weighted by molar-refractivity contribution is 4.92. The van der Waals surface area contributed by atoms with E-state index in [1.54, 1.807) is 0 Å². The molecule has 0 radical (unpaired) electrons. The van der Waals surface area contributed by atoms with Crippen LogP contribution in [-0.4, -0.2) is 0 Å². The number of unbranched alkanes of at least 4 members (excludes halogenated alkanes) is 13. The molecule has 0 heteroatoms. The van der Waals surface area contributed by atoms with Gasteiger partial charge in [0.05, 0.1) is 0 Å². The van der Waals surface area contributed by atoms with E-state index < -0.39 is 0 Å². The van der Waals surface area contributed by atoms with Crippen LogP contribution < -0.4 is 0 Å². The Morgan fingerprint density at radius 3 is 1.52 bits per heavy atom. The maximum Gasteiger partial charge on any atom is -0.0169 e. The molecule has 0 aromatic carbocycles. The monoisotopic (exact) mass is 318 g/mol. The fraction of sp³-hybridized carbons (Fsp3) is 0.739. The Hall–Kier alpha value is -0.780. The standard InChI is InChI=1S/C23H42/c1-3-5-7-9-11-13-15-17-19-21-23-22-20-18-16-14-12-10-8-6-4-2/h3,11,13,17,19H,1,4-10,12,14-16,18,20-23H2,2H3/b13-11-,19-17-. The van der Waals surface area contributed by atoms with Gasteiger partial charge in [0.1, 0.15) is 0 Å². The number of allylic oxidation sites excluding steroid dienone is 5. The molecular formula is C23H42. The zero-order valence-electron chi connectivity index (χ0n) is 15.9. The summed E-state index contributed by atoms with van der Waals surface area (Å²) in [6.45, 7) is 6.03. The van der Waals surface area contributed by atoms with Crippen LogP contribution >= 0.6 is 0 Å². The van der Waals surface area contributed by atoms with Crippen LogP contribution in [0.2, 0.25) is 0 Å². The SMILES string of the molecule is C=CCCC/C=C\C/C=C\CCCCCCCCCCCCC. The van der Waals surface area contributed by atoms with Gasteiger partial charge in [-0.1, -0.05) is 102 Å². The van der Waals surface area contributed by atoms with Gasteiger partial charge in [-0.25, -0.2) is 0 Å². The van der Waals surface area contributed by atoms with Crippen LogP contribution in [0.3, 0.4) is 0 Å². The first kappa shape index (κ1) is 22.2. The minimum absolute atomic E-state index is 1.10. The van der Waals surface area contributed by atoms with Gasteiger partial charge in [-0.15, -0.1) is 6.58 Å². The molecule has 0 unspecified atom stereocenters. The minimum Gasteiger partial charge on any atom is -0.103 e. The summed E-state index contributed by atoms with van der Waals surface area (Å²) in [6.07, 6.45) is 33.0. The molecule has 0 aromatic heterocycles. The highest BCUT2D eigenvalue weighted by Gasteiger charge is 1.92. The van der Waals surface area contributed by atoms with Crippen LogP contribution in [0.1, 0.15) is 110 Å². The highest BCUT2D eigenvalue weighted by atomic mass is 14.0. The van der Waals surface area contributed by atoms with Gasteiger partial charge in [0.25, 0.3) is 0 Å². The normalized spacial score (nSPS) is 11.7. The predicted molar refractivity (Wildman–Crippen MR) is 108 cm³/mol. The molecule has 0 heterocycles. The molecule has 0 aliphatic heterocycles. The fourth-order valence-electron chi connectivity index (χ4n) is 2.81. The first-order valence-electron chi connectivity index (χ1n) is 10.3. The lowest BCUT2D eigenvalue weighted by atomic mass is 10.1. The van der Waals surface area contributed by atoms with Gasteiger partial charge in [-0.2, -0.15) is 0 Å². The molecule has 0 aromatic rings. The van der Waals surface area contributed by atoms with Crippen LogP contribution in [0.5, 0.6) is 0 Å². The third kappa shape index (κ3) is 21.2. The van der Waals surface area contributed by atoms with Crippen molar-refractivity contribution in [3.8, 4) is 0 Å². The molecule has 0 saturated heterocycles. The molecule has 0 aliphatic carbocycles. The first-order chi connectivity index (χ1) is 11.4. The topological polar surface area (TPSA) is 0 Å². The van der Waals surface area contributed by atoms with Crippen LogP contribution in [-0.2, 0) is 0 Å². The van der Waals surface area contributed by atoms with Crippen molar-refractivity contribution in [2.75, 3.05) is 0 Å². The molecular weight excluding hydrogens is 276 g/mol. The summed E-state index contributed by atoms with van der Waals surface area (Å²) in [5.74, 6) is 0. The zero-order chi connectivity index (χ0) is 16.8. The summed E-state index contributed by atoms with van der Waals surface area (Å²) in [5.41, 5.74) is 0. The molecule has 0 amide bonds. The average molecular weight is 319 g/mol. The second kappa shape index (κ2) is 21.2. The van der Waals surface area contributed by atoms with E-state index in [4.69, 9.17) is 0 Å². The lowest BCUT2D eigenvalue weighted by Crippen LogP contribution is -1.81. The van der Waals surface area contributed by atoms with Crippen LogP contribution in [0.4, 0.5) is 0 Å². The van der Waals surface area contributed by atoms with Gasteiger partial charge < -0.3 is 0 Å². The highest BCUT2D eigenvalue weighted by Crippen LogP contribution is 2.12. The van der Waals surface area contributed by atoms with E-state index >= 15 is 0 Å².